The van der Waals surface area contributed by atoms with Crippen LogP contribution < -0.4 is 5.43 Å². The van der Waals surface area contributed by atoms with Gasteiger partial charge in [-0.05, 0) is 43.7 Å². The molecule has 7 heteroatoms. The van der Waals surface area contributed by atoms with E-state index in [9.17, 15) is 5.26 Å². The van der Waals surface area contributed by atoms with Crippen molar-refractivity contribution >= 4 is 35.3 Å². The lowest BCUT2D eigenvalue weighted by Crippen LogP contribution is -2.13. The Labute approximate surface area is 175 Å². The van der Waals surface area contributed by atoms with Crippen LogP contribution in [0, 0.1) is 17.2 Å². The standard InChI is InChI=1S/C21H24Cl2N4O/c1-2-3-5-14-8-10-15(11-9-14)20-26-19(12-24)21(28-20)27-25-13-16-17(22)6-4-7-18(16)23/h4,6-7,13-15,27H,2-3,5,8-11H2,1H3/b25-13-. The molecule has 3 rings (SSSR count). The Morgan fingerprint density at radius 1 is 1.29 bits per heavy atom. The first-order valence-corrected chi connectivity index (χ1v) is 10.5. The highest BCUT2D eigenvalue weighted by molar-refractivity contribution is 6.38. The van der Waals surface area contributed by atoms with Gasteiger partial charge in [-0.2, -0.15) is 10.4 Å². The van der Waals surface area contributed by atoms with Crippen LogP contribution >= 0.6 is 23.2 Å². The third kappa shape index (κ3) is 5.06. The molecular formula is C21H24Cl2N4O. The molecular weight excluding hydrogens is 395 g/mol. The number of nitriles is 1. The lowest BCUT2D eigenvalue weighted by molar-refractivity contribution is 0.278. The van der Waals surface area contributed by atoms with Crippen molar-refractivity contribution in [1.29, 1.82) is 5.26 Å². The van der Waals surface area contributed by atoms with Crippen molar-refractivity contribution in [1.82, 2.24) is 4.98 Å². The molecule has 1 aliphatic rings. The molecule has 1 aliphatic carbocycles. The summed E-state index contributed by atoms with van der Waals surface area (Å²) in [5, 5.41) is 14.5. The fraction of sp³-hybridized carbons (Fsp3) is 0.476. The molecule has 0 saturated heterocycles. The first-order chi connectivity index (χ1) is 13.6. The molecule has 1 fully saturated rings. The van der Waals surface area contributed by atoms with Gasteiger partial charge in [0.2, 0.25) is 11.6 Å². The molecule has 0 amide bonds. The van der Waals surface area contributed by atoms with Crippen molar-refractivity contribution in [2.24, 2.45) is 11.0 Å². The van der Waals surface area contributed by atoms with Crippen LogP contribution in [0.3, 0.4) is 0 Å². The summed E-state index contributed by atoms with van der Waals surface area (Å²) in [6.45, 7) is 2.23. The fourth-order valence-electron chi connectivity index (χ4n) is 3.64. The quantitative estimate of drug-likeness (QED) is 0.397. The molecule has 1 heterocycles. The summed E-state index contributed by atoms with van der Waals surface area (Å²) >= 11 is 12.3. The molecule has 0 radical (unpaired) electrons. The highest BCUT2D eigenvalue weighted by Gasteiger charge is 2.27. The second kappa shape index (κ2) is 9.95. The summed E-state index contributed by atoms with van der Waals surface area (Å²) in [6.07, 6.45) is 9.86. The van der Waals surface area contributed by atoms with Crippen LogP contribution in [-0.4, -0.2) is 11.2 Å². The molecule has 0 unspecified atom stereocenters. The smallest absolute Gasteiger partial charge is 0.252 e. The molecule has 0 atom stereocenters. The van der Waals surface area contributed by atoms with E-state index in [2.05, 4.69) is 28.5 Å². The highest BCUT2D eigenvalue weighted by Crippen LogP contribution is 2.38. The second-order valence-electron chi connectivity index (χ2n) is 7.21. The number of halogens is 2. The highest BCUT2D eigenvalue weighted by atomic mass is 35.5. The number of hydrogen-bond donors (Lipinski definition) is 1. The van der Waals surface area contributed by atoms with Crippen LogP contribution in [0.4, 0.5) is 5.88 Å². The van der Waals surface area contributed by atoms with E-state index >= 15 is 0 Å². The van der Waals surface area contributed by atoms with Crippen LogP contribution in [0.15, 0.2) is 27.7 Å². The molecule has 28 heavy (non-hydrogen) atoms. The monoisotopic (exact) mass is 418 g/mol. The van der Waals surface area contributed by atoms with Crippen LogP contribution in [0.2, 0.25) is 10.0 Å². The zero-order valence-electron chi connectivity index (χ0n) is 15.9. The molecule has 0 spiro atoms. The number of unbranched alkanes of at least 4 members (excludes halogenated alkanes) is 1. The summed E-state index contributed by atoms with van der Waals surface area (Å²) in [6, 6.07) is 7.31. The topological polar surface area (TPSA) is 74.2 Å². The van der Waals surface area contributed by atoms with Crippen molar-refractivity contribution in [3.63, 3.8) is 0 Å². The van der Waals surface area contributed by atoms with Gasteiger partial charge in [-0.25, -0.2) is 10.4 Å². The van der Waals surface area contributed by atoms with Gasteiger partial charge in [-0.3, -0.25) is 0 Å². The minimum absolute atomic E-state index is 0.213. The number of aromatic nitrogens is 1. The summed E-state index contributed by atoms with van der Waals surface area (Å²) in [5.74, 6) is 1.95. The van der Waals surface area contributed by atoms with E-state index in [4.69, 9.17) is 27.6 Å². The molecule has 1 aromatic heterocycles. The molecule has 2 aromatic rings. The number of nitrogens with one attached hydrogen (secondary N) is 1. The largest absolute Gasteiger partial charge is 0.422 e. The van der Waals surface area contributed by atoms with Crippen molar-refractivity contribution in [2.75, 3.05) is 5.43 Å². The summed E-state index contributed by atoms with van der Waals surface area (Å²) < 4.78 is 5.84. The average Bonchev–Trinajstić information content (AvgIpc) is 3.12. The Hall–Kier alpha value is -2.03. The maximum atomic E-state index is 9.37. The van der Waals surface area contributed by atoms with Gasteiger partial charge in [-0.1, -0.05) is 55.5 Å². The normalized spacial score (nSPS) is 19.6. The van der Waals surface area contributed by atoms with E-state index < -0.39 is 0 Å². The molecule has 1 aromatic carbocycles. The van der Waals surface area contributed by atoms with Gasteiger partial charge in [0, 0.05) is 11.5 Å². The van der Waals surface area contributed by atoms with E-state index in [0.29, 0.717) is 21.5 Å². The van der Waals surface area contributed by atoms with E-state index in [1.807, 2.05) is 0 Å². The van der Waals surface area contributed by atoms with Gasteiger partial charge in [0.15, 0.2) is 0 Å². The van der Waals surface area contributed by atoms with E-state index in [1.165, 1.54) is 38.3 Å². The van der Waals surface area contributed by atoms with Crippen molar-refractivity contribution in [2.45, 2.75) is 57.8 Å². The first kappa shape index (κ1) is 20.7. The third-order valence-electron chi connectivity index (χ3n) is 5.27. The third-order valence-corrected chi connectivity index (χ3v) is 5.93. The van der Waals surface area contributed by atoms with Gasteiger partial charge in [0.05, 0.1) is 16.3 Å². The van der Waals surface area contributed by atoms with Crippen LogP contribution in [0.1, 0.15) is 74.9 Å². The Kier molecular flexibility index (Phi) is 7.36. The minimum Gasteiger partial charge on any atom is -0.422 e. The number of anilines is 1. The van der Waals surface area contributed by atoms with Crippen LogP contribution in [0.25, 0.3) is 0 Å². The van der Waals surface area contributed by atoms with Gasteiger partial charge in [0.25, 0.3) is 5.88 Å². The Bertz CT molecular complexity index is 844. The lowest BCUT2D eigenvalue weighted by Gasteiger charge is -2.26. The zero-order valence-corrected chi connectivity index (χ0v) is 17.4. The Morgan fingerprint density at radius 2 is 2.00 bits per heavy atom. The minimum atomic E-state index is 0.213. The summed E-state index contributed by atoms with van der Waals surface area (Å²) in [5.41, 5.74) is 3.58. The van der Waals surface area contributed by atoms with Gasteiger partial charge >= 0.3 is 0 Å². The number of benzene rings is 1. The fourth-order valence-corrected chi connectivity index (χ4v) is 4.14. The van der Waals surface area contributed by atoms with Crippen LogP contribution in [-0.2, 0) is 0 Å². The number of nitrogens with zero attached hydrogens (tertiary/aromatic N) is 3. The number of hydrazone groups is 1. The van der Waals surface area contributed by atoms with E-state index in [-0.39, 0.29) is 17.5 Å². The van der Waals surface area contributed by atoms with Crippen LogP contribution in [0.5, 0.6) is 0 Å². The van der Waals surface area contributed by atoms with Gasteiger partial charge in [-0.15, -0.1) is 0 Å². The van der Waals surface area contributed by atoms with Crippen molar-refractivity contribution in [3.05, 3.63) is 45.4 Å². The molecule has 1 saturated carbocycles. The number of rotatable bonds is 7. The molecule has 1 N–H and O–H groups in total. The van der Waals surface area contributed by atoms with Crippen molar-refractivity contribution in [3.8, 4) is 6.07 Å². The average molecular weight is 419 g/mol. The van der Waals surface area contributed by atoms with Gasteiger partial charge in [0.1, 0.15) is 6.07 Å². The van der Waals surface area contributed by atoms with Gasteiger partial charge < -0.3 is 4.42 Å². The number of hydrogen-bond acceptors (Lipinski definition) is 5. The van der Waals surface area contributed by atoms with E-state index in [1.54, 1.807) is 18.2 Å². The molecule has 0 bridgehead atoms. The van der Waals surface area contributed by atoms with Crippen molar-refractivity contribution < 1.29 is 4.42 Å². The Morgan fingerprint density at radius 3 is 2.64 bits per heavy atom. The first-order valence-electron chi connectivity index (χ1n) is 9.76. The maximum Gasteiger partial charge on any atom is 0.252 e. The lowest BCUT2D eigenvalue weighted by atomic mass is 9.80. The Balaban J connectivity index is 1.65. The molecule has 148 valence electrons. The molecule has 0 aliphatic heterocycles. The predicted octanol–water partition coefficient (Wildman–Crippen LogP) is 6.76. The molecule has 5 nitrogen and oxygen atoms in total. The van der Waals surface area contributed by atoms with E-state index in [0.717, 1.165) is 18.8 Å². The predicted molar refractivity (Wildman–Crippen MR) is 113 cm³/mol. The zero-order chi connectivity index (χ0) is 19.9. The summed E-state index contributed by atoms with van der Waals surface area (Å²) in [7, 11) is 0. The SMILES string of the molecule is CCCCC1CCC(c2nc(C#N)c(N/N=C\c3c(Cl)cccc3Cl)o2)CC1. The number of oxazole rings is 1. The summed E-state index contributed by atoms with van der Waals surface area (Å²) in [4.78, 5) is 4.38. The maximum absolute atomic E-state index is 9.37. The second-order valence-corrected chi connectivity index (χ2v) is 8.02.